The van der Waals surface area contributed by atoms with Crippen LogP contribution in [-0.4, -0.2) is 21.4 Å². The number of nitrogens with zero attached hydrogens (tertiary/aromatic N) is 2. The summed E-state index contributed by atoms with van der Waals surface area (Å²) in [4.78, 5) is 0. The summed E-state index contributed by atoms with van der Waals surface area (Å²) in [6.07, 6.45) is 4.20. The van der Waals surface area contributed by atoms with Crippen LogP contribution < -0.4 is 5.73 Å². The maximum absolute atomic E-state index is 10.2. The van der Waals surface area contributed by atoms with Gasteiger partial charge in [-0.05, 0) is 18.9 Å². The van der Waals surface area contributed by atoms with Gasteiger partial charge in [-0.1, -0.05) is 20.8 Å². The van der Waals surface area contributed by atoms with Crippen molar-refractivity contribution in [2.75, 3.05) is 6.54 Å². The normalized spacial score (nSPS) is 15.4. The Morgan fingerprint density at radius 3 is 2.69 bits per heavy atom. The van der Waals surface area contributed by atoms with Crippen LogP contribution in [0.2, 0.25) is 0 Å². The van der Waals surface area contributed by atoms with E-state index in [1.807, 2.05) is 10.9 Å². The number of aliphatic hydroxyl groups excluding tert-OH is 1. The highest BCUT2D eigenvalue weighted by Gasteiger charge is 2.23. The van der Waals surface area contributed by atoms with Crippen molar-refractivity contribution in [1.82, 2.24) is 9.78 Å². The van der Waals surface area contributed by atoms with Crippen molar-refractivity contribution < 1.29 is 5.11 Å². The molecule has 0 aliphatic heterocycles. The zero-order chi connectivity index (χ0) is 12.1. The van der Waals surface area contributed by atoms with Crippen LogP contribution in [0.5, 0.6) is 0 Å². The van der Waals surface area contributed by atoms with Gasteiger partial charge >= 0.3 is 0 Å². The van der Waals surface area contributed by atoms with Crippen molar-refractivity contribution in [3.8, 4) is 0 Å². The molecule has 2 atom stereocenters. The van der Waals surface area contributed by atoms with Crippen LogP contribution in [0.15, 0.2) is 12.4 Å². The molecule has 4 heteroatoms. The fourth-order valence-electron chi connectivity index (χ4n) is 1.90. The van der Waals surface area contributed by atoms with Crippen LogP contribution in [0, 0.1) is 11.8 Å². The molecule has 2 unspecified atom stereocenters. The Hall–Kier alpha value is -0.870. The number of aliphatic hydroxyl groups is 1. The summed E-state index contributed by atoms with van der Waals surface area (Å²) in [5.41, 5.74) is 6.56. The average Bonchev–Trinajstić information content (AvgIpc) is 2.67. The first-order valence-corrected chi connectivity index (χ1v) is 6.00. The first-order valence-electron chi connectivity index (χ1n) is 6.00. The average molecular weight is 225 g/mol. The third kappa shape index (κ3) is 3.06. The smallest absolute Gasteiger partial charge is 0.0863 e. The molecule has 0 spiro atoms. The standard InChI is InChI=1S/C12H23N3O/c1-4-5-15-8-10(7-14-15)12(16)11(6-13)9(2)3/h7-9,11-12,16H,4-6,13H2,1-3H3. The maximum Gasteiger partial charge on any atom is 0.0863 e. The largest absolute Gasteiger partial charge is 0.388 e. The molecule has 1 rings (SSSR count). The van der Waals surface area contributed by atoms with E-state index in [1.54, 1.807) is 6.20 Å². The molecular formula is C12H23N3O. The summed E-state index contributed by atoms with van der Waals surface area (Å²) >= 11 is 0. The van der Waals surface area contributed by atoms with E-state index in [1.165, 1.54) is 0 Å². The van der Waals surface area contributed by atoms with Gasteiger partial charge in [0.1, 0.15) is 0 Å². The van der Waals surface area contributed by atoms with E-state index in [2.05, 4.69) is 25.9 Å². The number of aryl methyl sites for hydroxylation is 1. The Labute approximate surface area is 97.5 Å². The minimum atomic E-state index is -0.504. The van der Waals surface area contributed by atoms with Gasteiger partial charge in [0.15, 0.2) is 0 Å². The molecule has 0 aliphatic rings. The third-order valence-corrected chi connectivity index (χ3v) is 2.98. The number of nitrogens with two attached hydrogens (primary N) is 1. The molecule has 4 nitrogen and oxygen atoms in total. The Morgan fingerprint density at radius 2 is 2.19 bits per heavy atom. The molecule has 1 aromatic rings. The highest BCUT2D eigenvalue weighted by atomic mass is 16.3. The molecular weight excluding hydrogens is 202 g/mol. The van der Waals surface area contributed by atoms with Crippen molar-refractivity contribution in [2.45, 2.75) is 39.8 Å². The van der Waals surface area contributed by atoms with Crippen LogP contribution >= 0.6 is 0 Å². The van der Waals surface area contributed by atoms with Crippen molar-refractivity contribution >= 4 is 0 Å². The summed E-state index contributed by atoms with van der Waals surface area (Å²) in [5, 5.41) is 14.4. The van der Waals surface area contributed by atoms with Crippen molar-refractivity contribution in [3.63, 3.8) is 0 Å². The second kappa shape index (κ2) is 6.01. The van der Waals surface area contributed by atoms with E-state index < -0.39 is 6.10 Å². The van der Waals surface area contributed by atoms with E-state index in [9.17, 15) is 5.11 Å². The first-order chi connectivity index (χ1) is 7.60. The summed E-state index contributed by atoms with van der Waals surface area (Å²) in [6.45, 7) is 7.66. The number of hydrogen-bond donors (Lipinski definition) is 2. The van der Waals surface area contributed by atoms with Gasteiger partial charge in [-0.15, -0.1) is 0 Å². The molecule has 0 saturated heterocycles. The van der Waals surface area contributed by atoms with Crippen molar-refractivity contribution in [2.24, 2.45) is 17.6 Å². The fourth-order valence-corrected chi connectivity index (χ4v) is 1.90. The lowest BCUT2D eigenvalue weighted by molar-refractivity contribution is 0.0860. The molecule has 0 saturated carbocycles. The fraction of sp³-hybridized carbons (Fsp3) is 0.750. The molecule has 92 valence electrons. The van der Waals surface area contributed by atoms with Crippen LogP contribution in [0.25, 0.3) is 0 Å². The van der Waals surface area contributed by atoms with Gasteiger partial charge in [0.05, 0.1) is 12.3 Å². The van der Waals surface area contributed by atoms with Crippen LogP contribution in [-0.2, 0) is 6.54 Å². The quantitative estimate of drug-likeness (QED) is 0.772. The first kappa shape index (κ1) is 13.2. The Kier molecular flexibility index (Phi) is 4.96. The lowest BCUT2D eigenvalue weighted by Crippen LogP contribution is -2.26. The second-order valence-electron chi connectivity index (χ2n) is 4.63. The van der Waals surface area contributed by atoms with Gasteiger partial charge in [-0.3, -0.25) is 4.68 Å². The topological polar surface area (TPSA) is 64.1 Å². The highest BCUT2D eigenvalue weighted by Crippen LogP contribution is 2.26. The van der Waals surface area contributed by atoms with Gasteiger partial charge in [-0.25, -0.2) is 0 Å². The van der Waals surface area contributed by atoms with Crippen molar-refractivity contribution in [3.05, 3.63) is 18.0 Å². The van der Waals surface area contributed by atoms with Gasteiger partial charge < -0.3 is 10.8 Å². The highest BCUT2D eigenvalue weighted by molar-refractivity contribution is 5.09. The lowest BCUT2D eigenvalue weighted by Gasteiger charge is -2.23. The Balaban J connectivity index is 2.74. The zero-order valence-electron chi connectivity index (χ0n) is 10.4. The number of rotatable bonds is 6. The van der Waals surface area contributed by atoms with Crippen LogP contribution in [0.3, 0.4) is 0 Å². The predicted octanol–water partition coefficient (Wildman–Crippen LogP) is 1.56. The minimum Gasteiger partial charge on any atom is -0.388 e. The van der Waals surface area contributed by atoms with E-state index in [-0.39, 0.29) is 5.92 Å². The van der Waals surface area contributed by atoms with Gasteiger partial charge in [-0.2, -0.15) is 5.10 Å². The van der Waals surface area contributed by atoms with Gasteiger partial charge in [0.2, 0.25) is 0 Å². The third-order valence-electron chi connectivity index (χ3n) is 2.98. The van der Waals surface area contributed by atoms with E-state index in [4.69, 9.17) is 5.73 Å². The Bertz CT molecular complexity index is 309. The summed E-state index contributed by atoms with van der Waals surface area (Å²) in [6, 6.07) is 0. The lowest BCUT2D eigenvalue weighted by atomic mass is 9.88. The molecule has 0 radical (unpaired) electrons. The van der Waals surface area contributed by atoms with E-state index in [0.717, 1.165) is 18.5 Å². The maximum atomic E-state index is 10.2. The Morgan fingerprint density at radius 1 is 1.50 bits per heavy atom. The molecule has 0 amide bonds. The monoisotopic (exact) mass is 225 g/mol. The van der Waals surface area contributed by atoms with Crippen LogP contribution in [0.4, 0.5) is 0 Å². The van der Waals surface area contributed by atoms with Crippen molar-refractivity contribution in [1.29, 1.82) is 0 Å². The molecule has 0 aromatic carbocycles. The molecule has 1 heterocycles. The van der Waals surface area contributed by atoms with Gasteiger partial charge in [0.25, 0.3) is 0 Å². The summed E-state index contributed by atoms with van der Waals surface area (Å²) < 4.78 is 1.87. The second-order valence-corrected chi connectivity index (χ2v) is 4.63. The molecule has 0 bridgehead atoms. The molecule has 0 fully saturated rings. The number of hydrogen-bond acceptors (Lipinski definition) is 3. The minimum absolute atomic E-state index is 0.0966. The summed E-state index contributed by atoms with van der Waals surface area (Å²) in [7, 11) is 0. The molecule has 3 N–H and O–H groups in total. The predicted molar refractivity (Wildman–Crippen MR) is 64.9 cm³/mol. The molecule has 1 aromatic heterocycles. The van der Waals surface area contributed by atoms with Gasteiger partial charge in [0, 0.05) is 24.2 Å². The van der Waals surface area contributed by atoms with E-state index >= 15 is 0 Å². The SMILES string of the molecule is CCCn1cc(C(O)C(CN)C(C)C)cn1. The van der Waals surface area contributed by atoms with E-state index in [0.29, 0.717) is 12.5 Å². The molecule has 16 heavy (non-hydrogen) atoms. The number of aromatic nitrogens is 2. The molecule has 0 aliphatic carbocycles. The zero-order valence-corrected chi connectivity index (χ0v) is 10.4. The summed E-state index contributed by atoms with van der Waals surface area (Å²) in [5.74, 6) is 0.466. The van der Waals surface area contributed by atoms with Crippen LogP contribution in [0.1, 0.15) is 38.9 Å².